The highest BCUT2D eigenvalue weighted by Gasteiger charge is 2.57. The van der Waals surface area contributed by atoms with E-state index in [-0.39, 0.29) is 15.8 Å². The molecule has 0 amide bonds. The normalized spacial score (nSPS) is 48.7. The smallest absolute Gasteiger partial charge is 0.0149 e. The fourth-order valence-electron chi connectivity index (χ4n) is 13.1. The van der Waals surface area contributed by atoms with Crippen LogP contribution in [0.15, 0.2) is 0 Å². The summed E-state index contributed by atoms with van der Waals surface area (Å²) >= 11 is 0. The first kappa shape index (κ1) is 27.7. The van der Waals surface area contributed by atoms with Gasteiger partial charge >= 0.3 is 0 Å². The summed E-state index contributed by atoms with van der Waals surface area (Å²) < 4.78 is 0. The van der Waals surface area contributed by atoms with Gasteiger partial charge in [0.15, 0.2) is 0 Å². The molecule has 2 atom stereocenters. The quantitative estimate of drug-likeness (QED) is 0.285. The molecule has 9 aliphatic carbocycles. The Labute approximate surface area is 239 Å². The molecule has 0 heterocycles. The summed E-state index contributed by atoms with van der Waals surface area (Å²) in [4.78, 5) is 0. The van der Waals surface area contributed by atoms with Crippen molar-refractivity contribution in [1.82, 2.24) is 0 Å². The second-order valence-electron chi connectivity index (χ2n) is 18.3. The predicted molar refractivity (Wildman–Crippen MR) is 170 cm³/mol. The van der Waals surface area contributed by atoms with Gasteiger partial charge in [0.25, 0.3) is 0 Å². The van der Waals surface area contributed by atoms with Crippen molar-refractivity contribution in [3.05, 3.63) is 0 Å². The van der Waals surface area contributed by atoms with Crippen LogP contribution in [0, 0.1) is 59.2 Å². The summed E-state index contributed by atoms with van der Waals surface area (Å²) in [5, 5.41) is 0.978. The fourth-order valence-corrected chi connectivity index (χ4v) is 22.2. The first-order valence-electron chi connectivity index (χ1n) is 17.6. The second kappa shape index (κ2) is 10.2. The second-order valence-corrected chi connectivity index (χ2v) is 24.8. The Balaban J connectivity index is 1.18. The zero-order valence-electron chi connectivity index (χ0n) is 26.1. The number of rotatable bonds is 6. The van der Waals surface area contributed by atoms with Crippen molar-refractivity contribution in [2.24, 2.45) is 59.2 Å². The molecule has 0 N–H and O–H groups in total. The lowest BCUT2D eigenvalue weighted by Crippen LogP contribution is -2.53. The first-order valence-corrected chi connectivity index (χ1v) is 20.8. The van der Waals surface area contributed by atoms with Gasteiger partial charge in [0.1, 0.15) is 0 Å². The third-order valence-corrected chi connectivity index (χ3v) is 21.9. The highest BCUT2D eigenvalue weighted by Crippen LogP contribution is 2.72. The topological polar surface area (TPSA) is 0 Å². The summed E-state index contributed by atoms with van der Waals surface area (Å²) in [5.74, 6) is 11.4. The molecule has 0 aromatic carbocycles. The van der Waals surface area contributed by atoms with Crippen LogP contribution in [-0.4, -0.2) is 34.0 Å². The van der Waals surface area contributed by atoms with E-state index in [1.807, 2.05) is 0 Å². The molecule has 38 heavy (non-hydrogen) atoms. The lowest BCUT2D eigenvalue weighted by Gasteiger charge is -2.63. The molecular formula is C36H62P2. The maximum atomic E-state index is 2.58. The van der Waals surface area contributed by atoms with Crippen molar-refractivity contribution in [1.29, 1.82) is 0 Å². The predicted octanol–water partition coefficient (Wildman–Crippen LogP) is 11.0. The Morgan fingerprint density at radius 3 is 1.16 bits per heavy atom. The maximum absolute atomic E-state index is 2.58. The van der Waals surface area contributed by atoms with E-state index >= 15 is 0 Å². The molecule has 9 saturated carbocycles. The molecule has 9 rings (SSSR count). The number of hydrogen-bond donors (Lipinski definition) is 0. The zero-order chi connectivity index (χ0) is 26.4. The van der Waals surface area contributed by atoms with E-state index in [9.17, 15) is 0 Å². The van der Waals surface area contributed by atoms with Crippen molar-refractivity contribution in [2.45, 2.75) is 153 Å². The maximum Gasteiger partial charge on any atom is -0.0149 e. The van der Waals surface area contributed by atoms with Gasteiger partial charge in [-0.05, 0) is 170 Å². The van der Waals surface area contributed by atoms with Gasteiger partial charge in [-0.15, -0.1) is 0 Å². The molecule has 8 bridgehead atoms. The third kappa shape index (κ3) is 5.16. The van der Waals surface area contributed by atoms with Gasteiger partial charge in [-0.1, -0.05) is 70.2 Å². The molecule has 0 spiro atoms. The van der Waals surface area contributed by atoms with E-state index in [2.05, 4.69) is 41.5 Å². The van der Waals surface area contributed by atoms with E-state index in [4.69, 9.17) is 0 Å². The van der Waals surface area contributed by atoms with E-state index in [0.29, 0.717) is 10.3 Å². The minimum Gasteiger partial charge on any atom is -0.0989 e. The van der Waals surface area contributed by atoms with Gasteiger partial charge in [-0.3, -0.25) is 0 Å². The fraction of sp³-hybridized carbons (Fsp3) is 1.00. The van der Waals surface area contributed by atoms with Crippen LogP contribution in [0.4, 0.5) is 0 Å². The Kier molecular flexibility index (Phi) is 7.46. The van der Waals surface area contributed by atoms with Crippen LogP contribution in [-0.2, 0) is 0 Å². The largest absolute Gasteiger partial charge is 0.0989 e. The van der Waals surface area contributed by atoms with Gasteiger partial charge < -0.3 is 0 Å². The van der Waals surface area contributed by atoms with Crippen LogP contribution >= 0.6 is 15.8 Å². The van der Waals surface area contributed by atoms with E-state index in [1.54, 1.807) is 95.8 Å². The van der Waals surface area contributed by atoms with Gasteiger partial charge in [0.05, 0.1) is 0 Å². The first-order chi connectivity index (χ1) is 18.0. The average Bonchev–Trinajstić information content (AvgIpc) is 2.80. The van der Waals surface area contributed by atoms with Gasteiger partial charge in [-0.2, -0.15) is 0 Å². The minimum atomic E-state index is 0.0415. The van der Waals surface area contributed by atoms with Crippen molar-refractivity contribution in [3.8, 4) is 0 Å². The van der Waals surface area contributed by atoms with E-state index in [0.717, 1.165) is 59.2 Å². The Morgan fingerprint density at radius 2 is 0.816 bits per heavy atom. The van der Waals surface area contributed by atoms with Crippen LogP contribution in [0.3, 0.4) is 0 Å². The van der Waals surface area contributed by atoms with E-state index < -0.39 is 0 Å². The molecule has 9 aliphatic rings. The molecular weight excluding hydrogens is 494 g/mol. The Hall–Kier alpha value is 0.860. The molecule has 9 fully saturated rings. The number of hydrogen-bond acceptors (Lipinski definition) is 0. The lowest BCUT2D eigenvalue weighted by atomic mass is 9.55. The summed E-state index contributed by atoms with van der Waals surface area (Å²) in [5.41, 5.74) is 2.41. The highest BCUT2D eigenvalue weighted by molar-refractivity contribution is 7.61. The Morgan fingerprint density at radius 1 is 0.474 bits per heavy atom. The molecule has 2 heteroatoms. The van der Waals surface area contributed by atoms with Crippen LogP contribution in [0.5, 0.6) is 0 Å². The third-order valence-electron chi connectivity index (χ3n) is 13.7. The summed E-state index contributed by atoms with van der Waals surface area (Å²) in [6.45, 7) is 15.5. The van der Waals surface area contributed by atoms with Crippen LogP contribution in [0.1, 0.15) is 131 Å². The molecule has 216 valence electrons. The SMILES string of the molecule is CC(C)(C)P(CC1CCCCC1CP(C1C2CC3CC(C2)CC1C3)C1C2CC3CC(C2)CC1C3)C(C)(C)C. The summed E-state index contributed by atoms with van der Waals surface area (Å²) in [6, 6.07) is 0. The average molecular weight is 557 g/mol. The summed E-state index contributed by atoms with van der Waals surface area (Å²) in [7, 11) is 0.258. The highest BCUT2D eigenvalue weighted by atomic mass is 31.1. The van der Waals surface area contributed by atoms with Crippen molar-refractivity contribution >= 4 is 15.8 Å². The standard InChI is InChI=1S/C36H62P2/c1-35(2,3)38(36(4,5)6)22-28-10-8-7-9-27(28)21-37(33-29-13-23-11-24(15-29)16-30(33)14-23)34-31-17-25-12-26(19-31)20-32(34)18-25/h23-34H,7-22H2,1-6H3. The van der Waals surface area contributed by atoms with Gasteiger partial charge in [0, 0.05) is 0 Å². The molecule has 0 radical (unpaired) electrons. The van der Waals surface area contributed by atoms with Gasteiger partial charge in [-0.25, -0.2) is 0 Å². The minimum absolute atomic E-state index is 0.0415. The van der Waals surface area contributed by atoms with Crippen LogP contribution in [0.2, 0.25) is 0 Å². The Bertz CT molecular complexity index is 734. The monoisotopic (exact) mass is 556 g/mol. The molecule has 0 saturated heterocycles. The molecule has 0 aromatic rings. The molecule has 0 aliphatic heterocycles. The zero-order valence-corrected chi connectivity index (χ0v) is 27.9. The van der Waals surface area contributed by atoms with Crippen LogP contribution in [0.25, 0.3) is 0 Å². The lowest BCUT2D eigenvalue weighted by molar-refractivity contribution is 0.0126. The van der Waals surface area contributed by atoms with Crippen molar-refractivity contribution in [3.63, 3.8) is 0 Å². The molecule has 0 aromatic heterocycles. The summed E-state index contributed by atoms with van der Waals surface area (Å²) in [6.07, 6.45) is 26.1. The van der Waals surface area contributed by atoms with E-state index in [1.165, 1.54) is 17.7 Å². The van der Waals surface area contributed by atoms with Crippen molar-refractivity contribution < 1.29 is 0 Å². The van der Waals surface area contributed by atoms with Crippen LogP contribution < -0.4 is 0 Å². The molecule has 0 nitrogen and oxygen atoms in total. The van der Waals surface area contributed by atoms with Crippen molar-refractivity contribution in [2.75, 3.05) is 12.3 Å². The molecule has 2 unspecified atom stereocenters. The van der Waals surface area contributed by atoms with Gasteiger partial charge in [0.2, 0.25) is 0 Å².